The SMILES string of the molecule is O=C(O)CCCCCNC(=O)CN1C(=O)/C(=C/c2cccc(Oc3ccccc3)c2)SC1=S. The summed E-state index contributed by atoms with van der Waals surface area (Å²) in [5, 5.41) is 11.4. The number of ether oxygens (including phenoxy) is 1. The van der Waals surface area contributed by atoms with Crippen molar-refractivity contribution >= 4 is 52.2 Å². The number of carbonyl (C=O) groups is 3. The van der Waals surface area contributed by atoms with Crippen LogP contribution in [0.5, 0.6) is 11.5 Å². The molecule has 33 heavy (non-hydrogen) atoms. The van der Waals surface area contributed by atoms with E-state index in [0.29, 0.717) is 46.5 Å². The Hall–Kier alpha value is -3.17. The number of thioether (sulfide) groups is 1. The normalized spacial score (nSPS) is 14.5. The van der Waals surface area contributed by atoms with Crippen LogP contribution in [-0.4, -0.2) is 45.2 Å². The Balaban J connectivity index is 1.53. The Morgan fingerprint density at radius 3 is 2.58 bits per heavy atom. The molecule has 1 aliphatic rings. The molecule has 0 bridgehead atoms. The lowest BCUT2D eigenvalue weighted by Gasteiger charge is -2.14. The van der Waals surface area contributed by atoms with Gasteiger partial charge >= 0.3 is 5.97 Å². The number of unbranched alkanes of at least 4 members (excludes halogenated alkanes) is 2. The Morgan fingerprint density at radius 1 is 1.06 bits per heavy atom. The zero-order valence-corrected chi connectivity index (χ0v) is 19.5. The first kappa shape index (κ1) is 24.5. The van der Waals surface area contributed by atoms with Crippen LogP contribution < -0.4 is 10.1 Å². The summed E-state index contributed by atoms with van der Waals surface area (Å²) < 4.78 is 6.17. The Labute approximate surface area is 201 Å². The lowest BCUT2D eigenvalue weighted by Crippen LogP contribution is -2.39. The second-order valence-corrected chi connectivity index (χ2v) is 8.99. The number of carboxylic acids is 1. The number of thiocarbonyl (C=S) groups is 1. The van der Waals surface area contributed by atoms with Crippen LogP contribution in [0.3, 0.4) is 0 Å². The highest BCUT2D eigenvalue weighted by molar-refractivity contribution is 8.26. The summed E-state index contributed by atoms with van der Waals surface area (Å²) in [6.45, 7) is 0.283. The van der Waals surface area contributed by atoms with Gasteiger partial charge in [0.25, 0.3) is 5.91 Å². The van der Waals surface area contributed by atoms with Crippen molar-refractivity contribution in [3.8, 4) is 11.5 Å². The maximum atomic E-state index is 12.8. The molecule has 0 spiro atoms. The third-order valence-corrected chi connectivity index (χ3v) is 6.08. The van der Waals surface area contributed by atoms with Gasteiger partial charge in [0, 0.05) is 13.0 Å². The molecule has 1 heterocycles. The fraction of sp³-hybridized carbons (Fsp3) is 0.250. The molecular weight excluding hydrogens is 460 g/mol. The van der Waals surface area contributed by atoms with E-state index in [0.717, 1.165) is 17.3 Å². The van der Waals surface area contributed by atoms with Crippen molar-refractivity contribution < 1.29 is 24.2 Å². The summed E-state index contributed by atoms with van der Waals surface area (Å²) in [5.41, 5.74) is 0.787. The van der Waals surface area contributed by atoms with E-state index < -0.39 is 5.97 Å². The van der Waals surface area contributed by atoms with Crippen molar-refractivity contribution in [2.45, 2.75) is 25.7 Å². The molecule has 2 amide bonds. The van der Waals surface area contributed by atoms with Gasteiger partial charge in [-0.05, 0) is 48.7 Å². The highest BCUT2D eigenvalue weighted by Gasteiger charge is 2.33. The molecule has 1 fully saturated rings. The van der Waals surface area contributed by atoms with Gasteiger partial charge in [0.1, 0.15) is 22.4 Å². The molecule has 0 saturated carbocycles. The summed E-state index contributed by atoms with van der Waals surface area (Å²) in [6, 6.07) is 16.8. The summed E-state index contributed by atoms with van der Waals surface area (Å²) in [4.78, 5) is 37.2. The van der Waals surface area contributed by atoms with Gasteiger partial charge in [-0.3, -0.25) is 19.3 Å². The van der Waals surface area contributed by atoms with Crippen molar-refractivity contribution in [2.75, 3.05) is 13.1 Å². The molecule has 2 aromatic rings. The van der Waals surface area contributed by atoms with Crippen LogP contribution in [0.4, 0.5) is 0 Å². The summed E-state index contributed by atoms with van der Waals surface area (Å²) in [5.74, 6) is -0.0704. The quantitative estimate of drug-likeness (QED) is 0.276. The van der Waals surface area contributed by atoms with E-state index in [9.17, 15) is 14.4 Å². The molecule has 2 aromatic carbocycles. The Morgan fingerprint density at radius 2 is 1.82 bits per heavy atom. The number of para-hydroxylation sites is 1. The highest BCUT2D eigenvalue weighted by Crippen LogP contribution is 2.33. The summed E-state index contributed by atoms with van der Waals surface area (Å²) in [6.07, 6.45) is 3.82. The number of amides is 2. The minimum atomic E-state index is -0.822. The van der Waals surface area contributed by atoms with Gasteiger partial charge in [-0.15, -0.1) is 0 Å². The largest absolute Gasteiger partial charge is 0.481 e. The third-order valence-electron chi connectivity index (χ3n) is 4.70. The number of carboxylic acid groups (broad SMARTS) is 1. The van der Waals surface area contributed by atoms with Gasteiger partial charge in [-0.25, -0.2) is 0 Å². The molecule has 3 rings (SSSR count). The van der Waals surface area contributed by atoms with Crippen LogP contribution in [0.25, 0.3) is 6.08 Å². The van der Waals surface area contributed by atoms with Crippen molar-refractivity contribution in [3.05, 3.63) is 65.1 Å². The van der Waals surface area contributed by atoms with Crippen LogP contribution in [0.15, 0.2) is 59.5 Å². The molecule has 0 atom stereocenters. The predicted molar refractivity (Wildman–Crippen MR) is 132 cm³/mol. The number of hydrogen-bond donors (Lipinski definition) is 2. The van der Waals surface area contributed by atoms with Crippen LogP contribution in [0, 0.1) is 0 Å². The molecular formula is C24H24N2O5S2. The fourth-order valence-corrected chi connectivity index (χ4v) is 4.34. The fourth-order valence-electron chi connectivity index (χ4n) is 3.09. The van der Waals surface area contributed by atoms with E-state index in [1.807, 2.05) is 54.6 Å². The second-order valence-electron chi connectivity index (χ2n) is 7.31. The average molecular weight is 485 g/mol. The first-order valence-corrected chi connectivity index (χ1v) is 11.7. The number of nitrogens with one attached hydrogen (secondary N) is 1. The second kappa shape index (κ2) is 12.2. The lowest BCUT2D eigenvalue weighted by atomic mass is 10.2. The number of nitrogens with zero attached hydrogens (tertiary/aromatic N) is 1. The molecule has 0 unspecified atom stereocenters. The lowest BCUT2D eigenvalue weighted by molar-refractivity contribution is -0.137. The van der Waals surface area contributed by atoms with Crippen molar-refractivity contribution in [1.29, 1.82) is 0 Å². The molecule has 172 valence electrons. The highest BCUT2D eigenvalue weighted by atomic mass is 32.2. The standard InChI is InChI=1S/C24H24N2O5S2/c27-21(25-13-6-2-5-12-22(28)29)16-26-23(30)20(33-24(26)32)15-17-8-7-11-19(14-17)31-18-9-3-1-4-10-18/h1,3-4,7-11,14-15H,2,5-6,12-13,16H2,(H,25,27)(H,28,29)/b20-15-. The van der Waals surface area contributed by atoms with Gasteiger partial charge in [-0.2, -0.15) is 0 Å². The molecule has 0 aliphatic carbocycles. The third kappa shape index (κ3) is 7.73. The van der Waals surface area contributed by atoms with Gasteiger partial charge in [-0.1, -0.05) is 60.7 Å². The molecule has 0 radical (unpaired) electrons. The van der Waals surface area contributed by atoms with Crippen LogP contribution in [0.1, 0.15) is 31.2 Å². The molecule has 2 N–H and O–H groups in total. The topological polar surface area (TPSA) is 95.9 Å². The van der Waals surface area contributed by atoms with Crippen LogP contribution >= 0.6 is 24.0 Å². The zero-order chi connectivity index (χ0) is 23.6. The van der Waals surface area contributed by atoms with E-state index in [4.69, 9.17) is 22.1 Å². The van der Waals surface area contributed by atoms with E-state index >= 15 is 0 Å². The average Bonchev–Trinajstić information content (AvgIpc) is 3.04. The van der Waals surface area contributed by atoms with E-state index in [2.05, 4.69) is 5.32 Å². The summed E-state index contributed by atoms with van der Waals surface area (Å²) in [7, 11) is 0. The first-order valence-electron chi connectivity index (χ1n) is 10.5. The van der Waals surface area contributed by atoms with Gasteiger partial charge in [0.15, 0.2) is 0 Å². The van der Waals surface area contributed by atoms with Crippen molar-refractivity contribution in [3.63, 3.8) is 0 Å². The monoisotopic (exact) mass is 484 g/mol. The number of hydrogen-bond acceptors (Lipinski definition) is 6. The van der Waals surface area contributed by atoms with Crippen LogP contribution in [-0.2, 0) is 14.4 Å². The van der Waals surface area contributed by atoms with E-state index in [1.54, 1.807) is 6.08 Å². The minimum absolute atomic E-state index is 0.123. The van der Waals surface area contributed by atoms with Crippen molar-refractivity contribution in [1.82, 2.24) is 10.2 Å². The van der Waals surface area contributed by atoms with E-state index in [1.165, 1.54) is 4.90 Å². The summed E-state index contributed by atoms with van der Waals surface area (Å²) >= 11 is 6.46. The molecule has 1 aliphatic heterocycles. The number of rotatable bonds is 11. The van der Waals surface area contributed by atoms with Crippen molar-refractivity contribution in [2.24, 2.45) is 0 Å². The maximum absolute atomic E-state index is 12.8. The molecule has 1 saturated heterocycles. The minimum Gasteiger partial charge on any atom is -0.481 e. The maximum Gasteiger partial charge on any atom is 0.303 e. The Kier molecular flexibility index (Phi) is 9.03. The zero-order valence-electron chi connectivity index (χ0n) is 17.9. The smallest absolute Gasteiger partial charge is 0.303 e. The molecule has 7 nitrogen and oxygen atoms in total. The number of aliphatic carboxylic acids is 1. The first-order chi connectivity index (χ1) is 15.9. The Bertz CT molecular complexity index is 1060. The van der Waals surface area contributed by atoms with Gasteiger partial charge in [0.2, 0.25) is 5.91 Å². The van der Waals surface area contributed by atoms with Gasteiger partial charge in [0.05, 0.1) is 4.91 Å². The number of benzene rings is 2. The van der Waals surface area contributed by atoms with E-state index in [-0.39, 0.29) is 24.8 Å². The molecule has 0 aromatic heterocycles. The predicted octanol–water partition coefficient (Wildman–Crippen LogP) is 4.44. The van der Waals surface area contributed by atoms with Crippen LogP contribution in [0.2, 0.25) is 0 Å². The molecule has 9 heteroatoms. The van der Waals surface area contributed by atoms with Gasteiger partial charge < -0.3 is 15.2 Å². The number of carbonyl (C=O) groups excluding carboxylic acids is 2.